The third-order valence-electron chi connectivity index (χ3n) is 4.14. The Hall–Kier alpha value is -2.48. The second-order valence-electron chi connectivity index (χ2n) is 5.55. The molecule has 0 heterocycles. The minimum absolute atomic E-state index is 0.249. The van der Waals surface area contributed by atoms with E-state index in [1.54, 1.807) is 24.3 Å². The molecule has 0 radical (unpaired) electrons. The smallest absolute Gasteiger partial charge is 0.115 e. The van der Waals surface area contributed by atoms with Crippen LogP contribution in [0.3, 0.4) is 0 Å². The molecular formula is C19H18O2. The first kappa shape index (κ1) is 13.5. The van der Waals surface area contributed by atoms with Gasteiger partial charge in [-0.05, 0) is 48.7 Å². The number of hydrogen-bond acceptors (Lipinski definition) is 2. The van der Waals surface area contributed by atoms with Crippen LogP contribution < -0.4 is 0 Å². The second-order valence-corrected chi connectivity index (χ2v) is 5.55. The highest BCUT2D eigenvalue weighted by atomic mass is 16.3. The summed E-state index contributed by atoms with van der Waals surface area (Å²) < 4.78 is 0. The van der Waals surface area contributed by atoms with E-state index >= 15 is 0 Å². The Bertz CT molecular complexity index is 646. The number of allylic oxidation sites excluding steroid dienone is 4. The molecule has 0 fully saturated rings. The molecule has 0 saturated carbocycles. The molecule has 0 spiro atoms. The molecular weight excluding hydrogens is 260 g/mol. The second kappa shape index (κ2) is 5.13. The van der Waals surface area contributed by atoms with Crippen LogP contribution in [-0.2, 0) is 5.41 Å². The summed E-state index contributed by atoms with van der Waals surface area (Å²) >= 11 is 0. The molecule has 2 N–H and O–H groups in total. The quantitative estimate of drug-likeness (QED) is 0.860. The molecule has 2 aromatic rings. The van der Waals surface area contributed by atoms with Crippen LogP contribution >= 0.6 is 0 Å². The van der Waals surface area contributed by atoms with Crippen molar-refractivity contribution in [3.05, 3.63) is 83.5 Å². The van der Waals surface area contributed by atoms with E-state index in [2.05, 4.69) is 25.2 Å². The van der Waals surface area contributed by atoms with Gasteiger partial charge in [0, 0.05) is 5.41 Å². The lowest BCUT2D eigenvalue weighted by Gasteiger charge is -2.33. The Labute approximate surface area is 124 Å². The van der Waals surface area contributed by atoms with Gasteiger partial charge in [0.2, 0.25) is 0 Å². The van der Waals surface area contributed by atoms with Crippen LogP contribution in [0.1, 0.15) is 24.5 Å². The molecule has 0 atom stereocenters. The van der Waals surface area contributed by atoms with Gasteiger partial charge in [0.1, 0.15) is 11.5 Å². The largest absolute Gasteiger partial charge is 0.508 e. The summed E-state index contributed by atoms with van der Waals surface area (Å²) in [5, 5.41) is 19.1. The Morgan fingerprint density at radius 1 is 0.810 bits per heavy atom. The first-order valence-electron chi connectivity index (χ1n) is 7.05. The molecule has 0 unspecified atom stereocenters. The van der Waals surface area contributed by atoms with Gasteiger partial charge in [0.05, 0.1) is 0 Å². The van der Waals surface area contributed by atoms with Crippen LogP contribution in [-0.4, -0.2) is 10.2 Å². The highest BCUT2D eigenvalue weighted by Gasteiger charge is 2.32. The van der Waals surface area contributed by atoms with E-state index in [-0.39, 0.29) is 16.9 Å². The van der Waals surface area contributed by atoms with E-state index in [1.807, 2.05) is 24.3 Å². The minimum atomic E-state index is -0.249. The first-order chi connectivity index (χ1) is 10.1. The molecule has 2 aromatic carbocycles. The Kier molecular flexibility index (Phi) is 3.30. The fraction of sp³-hybridized carbons (Fsp3) is 0.158. The summed E-state index contributed by atoms with van der Waals surface area (Å²) in [6.45, 7) is 2.09. The summed E-state index contributed by atoms with van der Waals surface area (Å²) in [7, 11) is 0. The maximum atomic E-state index is 9.53. The van der Waals surface area contributed by atoms with E-state index in [0.29, 0.717) is 0 Å². The first-order valence-corrected chi connectivity index (χ1v) is 7.05. The molecule has 1 aliphatic rings. The van der Waals surface area contributed by atoms with Crippen molar-refractivity contribution in [2.75, 3.05) is 0 Å². The third-order valence-corrected chi connectivity index (χ3v) is 4.14. The molecule has 3 rings (SSSR count). The zero-order chi connectivity index (χ0) is 14.9. The van der Waals surface area contributed by atoms with Crippen molar-refractivity contribution in [3.63, 3.8) is 0 Å². The molecule has 21 heavy (non-hydrogen) atoms. The number of aromatic hydroxyl groups is 2. The topological polar surface area (TPSA) is 40.5 Å². The lowest BCUT2D eigenvalue weighted by Crippen LogP contribution is -2.26. The van der Waals surface area contributed by atoms with Gasteiger partial charge in [-0.1, -0.05) is 48.1 Å². The fourth-order valence-corrected chi connectivity index (χ4v) is 2.84. The molecule has 2 heteroatoms. The summed E-state index contributed by atoms with van der Waals surface area (Å²) in [5.41, 5.74) is 3.26. The summed E-state index contributed by atoms with van der Waals surface area (Å²) in [5.74, 6) is 0.539. The van der Waals surface area contributed by atoms with Crippen molar-refractivity contribution in [1.29, 1.82) is 0 Å². The van der Waals surface area contributed by atoms with E-state index in [0.717, 1.165) is 17.5 Å². The highest BCUT2D eigenvalue weighted by Crippen LogP contribution is 2.41. The van der Waals surface area contributed by atoms with Crippen molar-refractivity contribution in [1.82, 2.24) is 0 Å². The van der Waals surface area contributed by atoms with E-state index in [1.165, 1.54) is 5.57 Å². The van der Waals surface area contributed by atoms with Gasteiger partial charge in [-0.15, -0.1) is 0 Å². The van der Waals surface area contributed by atoms with Gasteiger partial charge in [-0.2, -0.15) is 0 Å². The van der Waals surface area contributed by atoms with Crippen LogP contribution in [0.5, 0.6) is 11.5 Å². The molecule has 0 bridgehead atoms. The molecule has 0 amide bonds. The number of phenols is 2. The average Bonchev–Trinajstić information content (AvgIpc) is 2.50. The van der Waals surface area contributed by atoms with Crippen LogP contribution in [0.2, 0.25) is 0 Å². The van der Waals surface area contributed by atoms with Crippen LogP contribution in [0.15, 0.2) is 72.3 Å². The number of rotatable bonds is 2. The number of benzene rings is 2. The van der Waals surface area contributed by atoms with E-state index in [4.69, 9.17) is 0 Å². The van der Waals surface area contributed by atoms with Gasteiger partial charge in [0.15, 0.2) is 0 Å². The van der Waals surface area contributed by atoms with Crippen molar-refractivity contribution in [2.45, 2.75) is 18.8 Å². The van der Waals surface area contributed by atoms with Crippen molar-refractivity contribution in [3.8, 4) is 11.5 Å². The standard InChI is InChI=1S/C19H18O2/c1-14-10-12-19(13-11-14,15-2-6-17(20)7-3-15)16-4-8-18(21)9-5-16/h2-12,20-21H,13H2,1H3. The van der Waals surface area contributed by atoms with E-state index in [9.17, 15) is 10.2 Å². The minimum Gasteiger partial charge on any atom is -0.508 e. The summed E-state index contributed by atoms with van der Waals surface area (Å²) in [6.07, 6.45) is 7.43. The van der Waals surface area contributed by atoms with Gasteiger partial charge >= 0.3 is 0 Å². The van der Waals surface area contributed by atoms with Gasteiger partial charge in [-0.3, -0.25) is 0 Å². The average molecular weight is 278 g/mol. The molecule has 2 nitrogen and oxygen atoms in total. The Balaban J connectivity index is 2.14. The normalized spacial score (nSPS) is 16.5. The molecule has 106 valence electrons. The van der Waals surface area contributed by atoms with Crippen molar-refractivity contribution < 1.29 is 10.2 Å². The summed E-state index contributed by atoms with van der Waals surface area (Å²) in [6, 6.07) is 14.7. The predicted octanol–water partition coefficient (Wildman–Crippen LogP) is 4.29. The maximum absolute atomic E-state index is 9.53. The van der Waals surface area contributed by atoms with Gasteiger partial charge in [-0.25, -0.2) is 0 Å². The molecule has 0 aliphatic heterocycles. The monoisotopic (exact) mass is 278 g/mol. The van der Waals surface area contributed by atoms with Crippen LogP contribution in [0.4, 0.5) is 0 Å². The van der Waals surface area contributed by atoms with Crippen molar-refractivity contribution >= 4 is 0 Å². The molecule has 0 saturated heterocycles. The number of hydrogen-bond donors (Lipinski definition) is 2. The zero-order valence-electron chi connectivity index (χ0n) is 12.0. The third kappa shape index (κ3) is 2.45. The van der Waals surface area contributed by atoms with Crippen molar-refractivity contribution in [2.24, 2.45) is 0 Å². The zero-order valence-corrected chi connectivity index (χ0v) is 12.0. The lowest BCUT2D eigenvalue weighted by molar-refractivity contribution is 0.474. The van der Waals surface area contributed by atoms with Crippen LogP contribution in [0.25, 0.3) is 0 Å². The SMILES string of the molecule is CC1=CCC(c2ccc(O)cc2)(c2ccc(O)cc2)C=C1. The van der Waals surface area contributed by atoms with E-state index < -0.39 is 0 Å². The lowest BCUT2D eigenvalue weighted by atomic mass is 9.69. The highest BCUT2D eigenvalue weighted by molar-refractivity contribution is 5.50. The predicted molar refractivity (Wildman–Crippen MR) is 84.5 cm³/mol. The molecule has 1 aliphatic carbocycles. The maximum Gasteiger partial charge on any atom is 0.115 e. The summed E-state index contributed by atoms with van der Waals surface area (Å²) in [4.78, 5) is 0. The van der Waals surface area contributed by atoms with Gasteiger partial charge in [0.25, 0.3) is 0 Å². The van der Waals surface area contributed by atoms with Gasteiger partial charge < -0.3 is 10.2 Å². The number of phenolic OH excluding ortho intramolecular Hbond substituents is 2. The Morgan fingerprint density at radius 3 is 1.67 bits per heavy atom. The molecule has 0 aromatic heterocycles. The fourth-order valence-electron chi connectivity index (χ4n) is 2.84. The van der Waals surface area contributed by atoms with Crippen LogP contribution in [0, 0.1) is 0 Å². The Morgan fingerprint density at radius 2 is 1.29 bits per heavy atom.